The molecule has 0 saturated carbocycles. The molecule has 0 aliphatic rings. The van der Waals surface area contributed by atoms with Gasteiger partial charge in [-0.3, -0.25) is 0 Å². The lowest BCUT2D eigenvalue weighted by Gasteiger charge is -2.19. The van der Waals surface area contributed by atoms with Crippen LogP contribution in [0.5, 0.6) is 5.75 Å². The molecule has 0 radical (unpaired) electrons. The summed E-state index contributed by atoms with van der Waals surface area (Å²) < 4.78 is 6.87. The van der Waals surface area contributed by atoms with Gasteiger partial charge in [0.25, 0.3) is 0 Å². The standard InChI is InChI=1S/C15H17Cl2NOS/c1-3-18-12(11-9-14(16)20-15(11)17)8-10-6-4-5-7-13(10)19-2/h4-7,9,12,18H,3,8H2,1-2H3. The Hall–Kier alpha value is -0.740. The SMILES string of the molecule is CCNC(Cc1ccccc1OC)c1cc(Cl)sc1Cl. The molecule has 0 aliphatic heterocycles. The first kappa shape index (κ1) is 15.6. The second kappa shape index (κ2) is 7.32. The average Bonchev–Trinajstić information content (AvgIpc) is 2.78. The van der Waals surface area contributed by atoms with Gasteiger partial charge in [0.2, 0.25) is 0 Å². The van der Waals surface area contributed by atoms with Crippen LogP contribution in [-0.2, 0) is 6.42 Å². The molecule has 1 heterocycles. The van der Waals surface area contributed by atoms with Crippen LogP contribution in [0.2, 0.25) is 8.67 Å². The molecule has 1 unspecified atom stereocenters. The fraction of sp³-hybridized carbons (Fsp3) is 0.333. The van der Waals surface area contributed by atoms with Gasteiger partial charge in [0, 0.05) is 11.6 Å². The van der Waals surface area contributed by atoms with Gasteiger partial charge in [-0.1, -0.05) is 48.3 Å². The minimum atomic E-state index is 0.132. The van der Waals surface area contributed by atoms with Gasteiger partial charge in [0.15, 0.2) is 0 Å². The van der Waals surface area contributed by atoms with Gasteiger partial charge in [-0.15, -0.1) is 11.3 Å². The van der Waals surface area contributed by atoms with Crippen molar-refractivity contribution in [1.29, 1.82) is 0 Å². The summed E-state index contributed by atoms with van der Waals surface area (Å²) in [5.41, 5.74) is 2.20. The van der Waals surface area contributed by atoms with Gasteiger partial charge in [0.05, 0.1) is 15.8 Å². The van der Waals surface area contributed by atoms with E-state index in [1.807, 2.05) is 24.3 Å². The predicted molar refractivity (Wildman–Crippen MR) is 87.5 cm³/mol. The average molecular weight is 330 g/mol. The molecule has 0 bridgehead atoms. The van der Waals surface area contributed by atoms with E-state index < -0.39 is 0 Å². The maximum absolute atomic E-state index is 6.28. The monoisotopic (exact) mass is 329 g/mol. The van der Waals surface area contributed by atoms with E-state index in [1.54, 1.807) is 7.11 Å². The van der Waals surface area contributed by atoms with Crippen molar-refractivity contribution in [2.24, 2.45) is 0 Å². The number of methoxy groups -OCH3 is 1. The highest BCUT2D eigenvalue weighted by Gasteiger charge is 2.18. The topological polar surface area (TPSA) is 21.3 Å². The number of halogens is 2. The fourth-order valence-corrected chi connectivity index (χ4v) is 3.80. The summed E-state index contributed by atoms with van der Waals surface area (Å²) in [6, 6.07) is 10.1. The Morgan fingerprint density at radius 2 is 2.05 bits per heavy atom. The molecule has 108 valence electrons. The maximum Gasteiger partial charge on any atom is 0.122 e. The van der Waals surface area contributed by atoms with Crippen LogP contribution in [0.1, 0.15) is 24.1 Å². The molecular formula is C15H17Cl2NOS. The number of rotatable bonds is 6. The molecule has 0 fully saturated rings. The minimum Gasteiger partial charge on any atom is -0.496 e. The first-order valence-corrected chi connectivity index (χ1v) is 8.03. The zero-order chi connectivity index (χ0) is 14.5. The van der Waals surface area contributed by atoms with E-state index in [4.69, 9.17) is 27.9 Å². The van der Waals surface area contributed by atoms with Crippen molar-refractivity contribution in [2.75, 3.05) is 13.7 Å². The van der Waals surface area contributed by atoms with Crippen LogP contribution in [0.15, 0.2) is 30.3 Å². The van der Waals surface area contributed by atoms with Crippen LogP contribution >= 0.6 is 34.5 Å². The molecule has 20 heavy (non-hydrogen) atoms. The van der Waals surface area contributed by atoms with Gasteiger partial charge >= 0.3 is 0 Å². The van der Waals surface area contributed by atoms with Crippen LogP contribution in [0.25, 0.3) is 0 Å². The van der Waals surface area contributed by atoms with Crippen LogP contribution in [0.4, 0.5) is 0 Å². The highest BCUT2D eigenvalue weighted by Crippen LogP contribution is 2.37. The summed E-state index contributed by atoms with van der Waals surface area (Å²) in [4.78, 5) is 0. The summed E-state index contributed by atoms with van der Waals surface area (Å²) in [5, 5.41) is 3.46. The van der Waals surface area contributed by atoms with Gasteiger partial charge in [-0.05, 0) is 30.7 Å². The molecule has 1 aromatic carbocycles. The van der Waals surface area contributed by atoms with Crippen LogP contribution in [0.3, 0.4) is 0 Å². The zero-order valence-corrected chi connectivity index (χ0v) is 13.8. The van der Waals surface area contributed by atoms with Gasteiger partial charge in [-0.25, -0.2) is 0 Å². The van der Waals surface area contributed by atoms with E-state index >= 15 is 0 Å². The molecule has 0 amide bonds. The van der Waals surface area contributed by atoms with Crippen molar-refractivity contribution in [3.63, 3.8) is 0 Å². The van der Waals surface area contributed by atoms with E-state index in [2.05, 4.69) is 18.3 Å². The molecule has 1 atom stereocenters. The summed E-state index contributed by atoms with van der Waals surface area (Å²) in [5.74, 6) is 0.896. The molecule has 5 heteroatoms. The smallest absolute Gasteiger partial charge is 0.122 e. The number of thiophene rings is 1. The van der Waals surface area contributed by atoms with E-state index in [0.717, 1.165) is 34.2 Å². The van der Waals surface area contributed by atoms with E-state index in [-0.39, 0.29) is 6.04 Å². The fourth-order valence-electron chi connectivity index (χ4n) is 2.22. The Morgan fingerprint density at radius 3 is 2.65 bits per heavy atom. The quantitative estimate of drug-likeness (QED) is 0.808. The molecule has 1 N–H and O–H groups in total. The number of para-hydroxylation sites is 1. The lowest BCUT2D eigenvalue weighted by atomic mass is 10.0. The molecule has 0 aliphatic carbocycles. The minimum absolute atomic E-state index is 0.132. The van der Waals surface area contributed by atoms with Crippen molar-refractivity contribution in [3.05, 3.63) is 50.1 Å². The number of benzene rings is 1. The van der Waals surface area contributed by atoms with Crippen molar-refractivity contribution < 1.29 is 4.74 Å². The predicted octanol–water partition coefficient (Wildman–Crippen LogP) is 4.96. The third-order valence-electron chi connectivity index (χ3n) is 3.13. The lowest BCUT2D eigenvalue weighted by Crippen LogP contribution is -2.23. The lowest BCUT2D eigenvalue weighted by molar-refractivity contribution is 0.405. The first-order chi connectivity index (χ1) is 9.65. The van der Waals surface area contributed by atoms with E-state index in [1.165, 1.54) is 11.3 Å². The molecule has 1 aromatic heterocycles. The second-order valence-corrected chi connectivity index (χ2v) is 6.69. The molecule has 2 nitrogen and oxygen atoms in total. The number of ether oxygens (including phenoxy) is 1. The summed E-state index contributed by atoms with van der Waals surface area (Å²) >= 11 is 13.7. The zero-order valence-electron chi connectivity index (χ0n) is 11.5. The summed E-state index contributed by atoms with van der Waals surface area (Å²) in [7, 11) is 1.69. The number of hydrogen-bond donors (Lipinski definition) is 1. The normalized spacial score (nSPS) is 12.4. The Kier molecular flexibility index (Phi) is 5.73. The van der Waals surface area contributed by atoms with Gasteiger partial charge < -0.3 is 10.1 Å². The molecular weight excluding hydrogens is 313 g/mol. The van der Waals surface area contributed by atoms with Crippen molar-refractivity contribution >= 4 is 34.5 Å². The van der Waals surface area contributed by atoms with Crippen molar-refractivity contribution in [1.82, 2.24) is 5.32 Å². The van der Waals surface area contributed by atoms with Crippen molar-refractivity contribution in [3.8, 4) is 5.75 Å². The Labute approximate surface area is 133 Å². The first-order valence-electron chi connectivity index (χ1n) is 6.45. The Bertz CT molecular complexity index is 571. The molecule has 2 aromatic rings. The van der Waals surface area contributed by atoms with Crippen LogP contribution in [0, 0.1) is 0 Å². The molecule has 0 spiro atoms. The Morgan fingerprint density at radius 1 is 1.30 bits per heavy atom. The van der Waals surface area contributed by atoms with E-state index in [0.29, 0.717) is 4.34 Å². The largest absolute Gasteiger partial charge is 0.496 e. The number of nitrogens with one attached hydrogen (secondary N) is 1. The Balaban J connectivity index is 2.28. The third-order valence-corrected chi connectivity index (χ3v) is 4.64. The summed E-state index contributed by atoms with van der Waals surface area (Å²) in [6.45, 7) is 2.95. The maximum atomic E-state index is 6.28. The van der Waals surface area contributed by atoms with Crippen LogP contribution < -0.4 is 10.1 Å². The van der Waals surface area contributed by atoms with Crippen molar-refractivity contribution in [2.45, 2.75) is 19.4 Å². The van der Waals surface area contributed by atoms with Gasteiger partial charge in [-0.2, -0.15) is 0 Å². The third kappa shape index (κ3) is 3.67. The summed E-state index contributed by atoms with van der Waals surface area (Å²) in [6.07, 6.45) is 0.810. The highest BCUT2D eigenvalue weighted by atomic mass is 35.5. The van der Waals surface area contributed by atoms with E-state index in [9.17, 15) is 0 Å². The number of likely N-dealkylation sites (N-methyl/N-ethyl adjacent to an activating group) is 1. The molecule has 0 saturated heterocycles. The van der Waals surface area contributed by atoms with Gasteiger partial charge in [0.1, 0.15) is 5.75 Å². The highest BCUT2D eigenvalue weighted by molar-refractivity contribution is 7.20. The molecule has 2 rings (SSSR count). The second-order valence-electron chi connectivity index (χ2n) is 4.41. The van der Waals surface area contributed by atoms with Crippen LogP contribution in [-0.4, -0.2) is 13.7 Å². The number of hydrogen-bond acceptors (Lipinski definition) is 3.